The molecule has 7 heterocycles. The summed E-state index contributed by atoms with van der Waals surface area (Å²) in [6.07, 6.45) is 3.57. The molecule has 2 saturated heterocycles. The molecule has 0 saturated carbocycles. The highest BCUT2D eigenvalue weighted by molar-refractivity contribution is 7.21. The largest absolute Gasteiger partial charge is 0.377 e. The van der Waals surface area contributed by atoms with Crippen molar-refractivity contribution in [3.05, 3.63) is 40.2 Å². The van der Waals surface area contributed by atoms with E-state index in [9.17, 15) is 9.59 Å². The van der Waals surface area contributed by atoms with E-state index in [0.29, 0.717) is 47.4 Å². The molecule has 0 atom stereocenters. The van der Waals surface area contributed by atoms with Crippen LogP contribution in [0.25, 0.3) is 37.2 Å². The molecule has 38 heavy (non-hydrogen) atoms. The van der Waals surface area contributed by atoms with E-state index in [1.54, 1.807) is 16.8 Å². The van der Waals surface area contributed by atoms with Gasteiger partial charge in [0.15, 0.2) is 0 Å². The molecule has 5 aromatic heterocycles. The van der Waals surface area contributed by atoms with E-state index in [4.69, 9.17) is 14.9 Å². The lowest BCUT2D eigenvalue weighted by Crippen LogP contribution is -2.54. The summed E-state index contributed by atoms with van der Waals surface area (Å²) < 4.78 is 9.15. The van der Waals surface area contributed by atoms with E-state index >= 15 is 0 Å². The van der Waals surface area contributed by atoms with Crippen molar-refractivity contribution in [2.45, 2.75) is 33.7 Å². The fraction of sp³-hybridized carbons (Fsp3) is 0.423. The third kappa shape index (κ3) is 3.66. The van der Waals surface area contributed by atoms with Gasteiger partial charge in [0.1, 0.15) is 21.3 Å². The zero-order chi connectivity index (χ0) is 26.3. The van der Waals surface area contributed by atoms with Gasteiger partial charge >= 0.3 is 0 Å². The number of aryl methyl sites for hydroxylation is 1. The smallest absolute Gasteiger partial charge is 0.261 e. The lowest BCUT2D eigenvalue weighted by Gasteiger charge is -2.45. The van der Waals surface area contributed by atoms with Gasteiger partial charge < -0.3 is 15.0 Å². The predicted molar refractivity (Wildman–Crippen MR) is 146 cm³/mol. The van der Waals surface area contributed by atoms with Crippen LogP contribution in [0.1, 0.15) is 31.3 Å². The summed E-state index contributed by atoms with van der Waals surface area (Å²) in [4.78, 5) is 37.1. The first kappa shape index (κ1) is 23.5. The summed E-state index contributed by atoms with van der Waals surface area (Å²) in [5.74, 6) is -0.0983. The van der Waals surface area contributed by atoms with Gasteiger partial charge in [-0.05, 0) is 25.3 Å². The van der Waals surface area contributed by atoms with Gasteiger partial charge in [-0.2, -0.15) is 10.2 Å². The van der Waals surface area contributed by atoms with Crippen molar-refractivity contribution in [1.29, 1.82) is 0 Å². The van der Waals surface area contributed by atoms with E-state index in [-0.39, 0.29) is 22.9 Å². The Morgan fingerprint density at radius 1 is 1.24 bits per heavy atom. The minimum Gasteiger partial charge on any atom is -0.377 e. The SMILES string of the molecule is Cc1nn(C2COC2)c(C)c1-c1cn2nc3c4ncc(NC(=O)CN5CC(C)(C)C5)cc4[nH]c(=O)c3c2s1. The molecule has 12 heteroatoms. The second kappa shape index (κ2) is 8.19. The van der Waals surface area contributed by atoms with Gasteiger partial charge in [0.2, 0.25) is 5.91 Å². The fourth-order valence-electron chi connectivity index (χ4n) is 5.75. The topological polar surface area (TPSA) is 122 Å². The van der Waals surface area contributed by atoms with Crippen LogP contribution in [-0.4, -0.2) is 73.0 Å². The summed E-state index contributed by atoms with van der Waals surface area (Å²) >= 11 is 1.52. The van der Waals surface area contributed by atoms with Gasteiger partial charge in [0.25, 0.3) is 5.56 Å². The number of carbonyl (C=O) groups is 1. The van der Waals surface area contributed by atoms with Crippen molar-refractivity contribution in [3.63, 3.8) is 0 Å². The van der Waals surface area contributed by atoms with E-state index in [1.165, 1.54) is 11.3 Å². The molecule has 2 aliphatic rings. The van der Waals surface area contributed by atoms with Crippen LogP contribution in [0.3, 0.4) is 0 Å². The van der Waals surface area contributed by atoms with Crippen LogP contribution in [0.5, 0.6) is 0 Å². The molecule has 2 N–H and O–H groups in total. The monoisotopic (exact) mass is 532 g/mol. The van der Waals surface area contributed by atoms with E-state index in [1.807, 2.05) is 17.8 Å². The van der Waals surface area contributed by atoms with E-state index < -0.39 is 0 Å². The van der Waals surface area contributed by atoms with E-state index in [2.05, 4.69) is 41.0 Å². The highest BCUT2D eigenvalue weighted by Crippen LogP contribution is 2.37. The van der Waals surface area contributed by atoms with Crippen molar-refractivity contribution in [2.75, 3.05) is 38.2 Å². The average molecular weight is 533 g/mol. The number of aromatic nitrogens is 6. The average Bonchev–Trinajstić information content (AvgIpc) is 3.42. The molecule has 0 aliphatic carbocycles. The number of nitrogens with zero attached hydrogens (tertiary/aromatic N) is 6. The third-order valence-electron chi connectivity index (χ3n) is 7.39. The molecule has 0 spiro atoms. The summed E-state index contributed by atoms with van der Waals surface area (Å²) in [5, 5.41) is 12.9. The Bertz CT molecular complexity index is 1820. The lowest BCUT2D eigenvalue weighted by atomic mass is 9.84. The summed E-state index contributed by atoms with van der Waals surface area (Å²) in [5.41, 5.74) is 5.32. The number of pyridine rings is 2. The molecule has 11 nitrogen and oxygen atoms in total. The number of thiazole rings is 1. The third-order valence-corrected chi connectivity index (χ3v) is 8.51. The van der Waals surface area contributed by atoms with Crippen LogP contribution >= 0.6 is 11.3 Å². The van der Waals surface area contributed by atoms with Crippen LogP contribution in [0.2, 0.25) is 0 Å². The van der Waals surface area contributed by atoms with Crippen LogP contribution in [0.4, 0.5) is 5.69 Å². The van der Waals surface area contributed by atoms with Crippen LogP contribution in [0.15, 0.2) is 23.3 Å². The first-order valence-corrected chi connectivity index (χ1v) is 13.5. The summed E-state index contributed by atoms with van der Waals surface area (Å²) in [6, 6.07) is 2.01. The Morgan fingerprint density at radius 2 is 2.03 bits per heavy atom. The number of anilines is 1. The van der Waals surface area contributed by atoms with Gasteiger partial charge in [-0.15, -0.1) is 11.3 Å². The Kier molecular flexibility index (Phi) is 5.07. The molecule has 0 aromatic carbocycles. The Labute approximate surface area is 221 Å². The Morgan fingerprint density at radius 3 is 2.74 bits per heavy atom. The highest BCUT2D eigenvalue weighted by atomic mass is 32.1. The molecule has 2 aliphatic heterocycles. The molecule has 2 fully saturated rings. The fourth-order valence-corrected chi connectivity index (χ4v) is 6.99. The molecular formula is C26H28N8O3S. The molecule has 5 aromatic rings. The zero-order valence-corrected chi connectivity index (χ0v) is 22.5. The molecule has 0 unspecified atom stereocenters. The Hall–Kier alpha value is -3.61. The van der Waals surface area contributed by atoms with Crippen molar-refractivity contribution in [2.24, 2.45) is 5.41 Å². The summed E-state index contributed by atoms with van der Waals surface area (Å²) in [7, 11) is 0. The maximum Gasteiger partial charge on any atom is 0.261 e. The van der Waals surface area contributed by atoms with Crippen molar-refractivity contribution in [3.8, 4) is 10.4 Å². The molecule has 7 rings (SSSR count). The number of H-pyrrole nitrogens is 1. The summed E-state index contributed by atoms with van der Waals surface area (Å²) in [6.45, 7) is 11.9. The maximum absolute atomic E-state index is 13.2. The van der Waals surface area contributed by atoms with Gasteiger partial charge in [-0.1, -0.05) is 13.8 Å². The highest BCUT2D eigenvalue weighted by Gasteiger charge is 2.34. The number of fused-ring (bicyclic) bond motifs is 5. The van der Waals surface area contributed by atoms with Crippen molar-refractivity contribution in [1.82, 2.24) is 34.3 Å². The zero-order valence-electron chi connectivity index (χ0n) is 21.7. The number of likely N-dealkylation sites (tertiary alicyclic amines) is 1. The first-order valence-electron chi connectivity index (χ1n) is 12.7. The number of hydrogen-bond acceptors (Lipinski definition) is 8. The number of amides is 1. The maximum atomic E-state index is 13.2. The van der Waals surface area contributed by atoms with Gasteiger partial charge in [-0.25, -0.2) is 4.52 Å². The second-order valence-corrected chi connectivity index (χ2v) is 12.2. The molecular weight excluding hydrogens is 504 g/mol. The number of ether oxygens (including phenoxy) is 1. The minimum absolute atomic E-state index is 0.0983. The lowest BCUT2D eigenvalue weighted by molar-refractivity contribution is -0.120. The Balaban J connectivity index is 1.22. The molecule has 196 valence electrons. The standard InChI is InChI=1S/C26H28N8O3S/c1-13-20(14(2)34(30-13)16-9-37-10-16)18-7-33-25(38-18)21-23(31-33)22-17(29-24(21)36)5-15(6-27-22)28-19(35)8-32-11-26(3,4)12-32/h5-7,16H,8-12H2,1-4H3,(H,28,35)(H,29,36). The van der Waals surface area contributed by atoms with E-state index in [0.717, 1.165) is 39.7 Å². The van der Waals surface area contributed by atoms with Crippen molar-refractivity contribution >= 4 is 49.7 Å². The predicted octanol–water partition coefficient (Wildman–Crippen LogP) is 3.12. The molecule has 0 radical (unpaired) electrons. The van der Waals surface area contributed by atoms with Crippen LogP contribution in [0, 0.1) is 19.3 Å². The minimum atomic E-state index is -0.236. The first-order chi connectivity index (χ1) is 18.2. The van der Waals surface area contributed by atoms with Gasteiger partial charge in [-0.3, -0.25) is 24.2 Å². The number of rotatable bonds is 5. The number of hydrogen-bond donors (Lipinski definition) is 2. The van der Waals surface area contributed by atoms with Crippen LogP contribution < -0.4 is 10.9 Å². The number of nitrogens with one attached hydrogen (secondary N) is 2. The molecule has 0 bridgehead atoms. The second-order valence-electron chi connectivity index (χ2n) is 11.2. The van der Waals surface area contributed by atoms with Gasteiger partial charge in [0, 0.05) is 30.5 Å². The van der Waals surface area contributed by atoms with Crippen molar-refractivity contribution < 1.29 is 9.53 Å². The van der Waals surface area contributed by atoms with Crippen LogP contribution in [-0.2, 0) is 9.53 Å². The molecule has 1 amide bonds. The number of aromatic amines is 1. The quantitative estimate of drug-likeness (QED) is 0.357. The normalized spacial score (nSPS) is 17.8. The number of carbonyl (C=O) groups excluding carboxylic acids is 1. The van der Waals surface area contributed by atoms with Gasteiger partial charge in [0.05, 0.1) is 53.8 Å².